The first-order valence-corrected chi connectivity index (χ1v) is 5.84. The van der Waals surface area contributed by atoms with E-state index in [0.717, 1.165) is 17.9 Å². The number of fused-ring (bicyclic) bond motifs is 2. The van der Waals surface area contributed by atoms with Gasteiger partial charge in [0.2, 0.25) is 0 Å². The van der Waals surface area contributed by atoms with E-state index in [2.05, 4.69) is 4.90 Å². The zero-order valence-corrected chi connectivity index (χ0v) is 8.28. The van der Waals surface area contributed by atoms with Crippen LogP contribution in [0.15, 0.2) is 0 Å². The molecule has 1 unspecified atom stereocenters. The van der Waals surface area contributed by atoms with Crippen LogP contribution in [0.5, 0.6) is 0 Å². The number of hydrogen-bond acceptors (Lipinski definition) is 2. The van der Waals surface area contributed by atoms with Crippen LogP contribution >= 0.6 is 0 Å². The van der Waals surface area contributed by atoms with Crippen LogP contribution in [-0.4, -0.2) is 30.1 Å². The molecule has 74 valence electrons. The normalized spacial score (nSPS) is 46.4. The summed E-state index contributed by atoms with van der Waals surface area (Å²) in [6.45, 7) is 2.62. The van der Waals surface area contributed by atoms with Crippen molar-refractivity contribution in [2.24, 2.45) is 17.6 Å². The highest BCUT2D eigenvalue weighted by molar-refractivity contribution is 4.97. The van der Waals surface area contributed by atoms with E-state index >= 15 is 0 Å². The zero-order valence-electron chi connectivity index (χ0n) is 8.28. The van der Waals surface area contributed by atoms with Crippen molar-refractivity contribution in [3.05, 3.63) is 0 Å². The number of rotatable bonds is 1. The molecule has 3 fully saturated rings. The van der Waals surface area contributed by atoms with E-state index in [1.54, 1.807) is 0 Å². The lowest BCUT2D eigenvalue weighted by atomic mass is 9.74. The van der Waals surface area contributed by atoms with E-state index in [1.807, 2.05) is 0 Å². The summed E-state index contributed by atoms with van der Waals surface area (Å²) in [4.78, 5) is 2.72. The Morgan fingerprint density at radius 1 is 0.923 bits per heavy atom. The highest BCUT2D eigenvalue weighted by atomic mass is 15.2. The molecule has 13 heavy (non-hydrogen) atoms. The summed E-state index contributed by atoms with van der Waals surface area (Å²) in [6, 6.07) is 1.49. The van der Waals surface area contributed by atoms with Gasteiger partial charge in [-0.05, 0) is 37.5 Å². The fraction of sp³-hybridized carbons (Fsp3) is 1.00. The second-order valence-electron chi connectivity index (χ2n) is 5.21. The molecule has 2 bridgehead atoms. The van der Waals surface area contributed by atoms with Crippen molar-refractivity contribution in [1.29, 1.82) is 0 Å². The highest BCUT2D eigenvalue weighted by Crippen LogP contribution is 2.38. The van der Waals surface area contributed by atoms with Crippen LogP contribution in [0.1, 0.15) is 32.1 Å². The molecular weight excluding hydrogens is 160 g/mol. The predicted molar refractivity (Wildman–Crippen MR) is 53.4 cm³/mol. The van der Waals surface area contributed by atoms with Gasteiger partial charge in [-0.1, -0.05) is 6.42 Å². The maximum Gasteiger partial charge on any atom is 0.0120 e. The molecule has 2 heteroatoms. The van der Waals surface area contributed by atoms with E-state index in [1.165, 1.54) is 45.2 Å². The van der Waals surface area contributed by atoms with Crippen LogP contribution < -0.4 is 5.73 Å². The summed E-state index contributed by atoms with van der Waals surface area (Å²) in [5.74, 6) is 1.65. The smallest absolute Gasteiger partial charge is 0.0120 e. The molecule has 2 saturated carbocycles. The van der Waals surface area contributed by atoms with Crippen molar-refractivity contribution >= 4 is 0 Å². The van der Waals surface area contributed by atoms with Crippen molar-refractivity contribution in [2.45, 2.75) is 44.2 Å². The van der Waals surface area contributed by atoms with E-state index in [0.29, 0.717) is 6.04 Å². The quantitative estimate of drug-likeness (QED) is 0.657. The topological polar surface area (TPSA) is 29.3 Å². The fourth-order valence-electron chi connectivity index (χ4n) is 3.25. The Morgan fingerprint density at radius 2 is 1.54 bits per heavy atom. The van der Waals surface area contributed by atoms with Gasteiger partial charge in [-0.25, -0.2) is 0 Å². The lowest BCUT2D eigenvalue weighted by Crippen LogP contribution is -2.55. The molecule has 2 nitrogen and oxygen atoms in total. The Kier molecular flexibility index (Phi) is 1.88. The third-order valence-corrected chi connectivity index (χ3v) is 4.24. The Bertz CT molecular complexity index is 186. The lowest BCUT2D eigenvalue weighted by molar-refractivity contribution is 0.0586. The Morgan fingerprint density at radius 3 is 2.08 bits per heavy atom. The van der Waals surface area contributed by atoms with Crippen LogP contribution in [0.3, 0.4) is 0 Å². The number of hydrogen-bond donors (Lipinski definition) is 1. The summed E-state index contributed by atoms with van der Waals surface area (Å²) >= 11 is 0. The van der Waals surface area contributed by atoms with E-state index in [4.69, 9.17) is 5.73 Å². The summed E-state index contributed by atoms with van der Waals surface area (Å²) in [5, 5.41) is 0. The molecule has 0 spiro atoms. The van der Waals surface area contributed by atoms with Gasteiger partial charge in [0, 0.05) is 25.2 Å². The van der Waals surface area contributed by atoms with Gasteiger partial charge in [-0.3, -0.25) is 4.90 Å². The molecule has 0 aromatic carbocycles. The van der Waals surface area contributed by atoms with E-state index in [-0.39, 0.29) is 0 Å². The molecule has 0 radical (unpaired) electrons. The molecular formula is C11H20N2. The van der Waals surface area contributed by atoms with Crippen molar-refractivity contribution in [2.75, 3.05) is 13.1 Å². The van der Waals surface area contributed by atoms with Crippen LogP contribution in [0.2, 0.25) is 0 Å². The number of likely N-dealkylation sites (tertiary alicyclic amines) is 1. The third kappa shape index (κ3) is 1.40. The Labute approximate surface area is 80.5 Å². The summed E-state index contributed by atoms with van der Waals surface area (Å²) in [6.07, 6.45) is 7.12. The first-order chi connectivity index (χ1) is 6.34. The first kappa shape index (κ1) is 8.25. The van der Waals surface area contributed by atoms with Crippen molar-refractivity contribution < 1.29 is 0 Å². The molecule has 1 saturated heterocycles. The molecule has 0 aromatic rings. The molecule has 3 rings (SSSR count). The lowest BCUT2D eigenvalue weighted by Gasteiger charge is -2.46. The van der Waals surface area contributed by atoms with Crippen molar-refractivity contribution in [3.63, 3.8) is 0 Å². The molecule has 1 heterocycles. The molecule has 2 N–H and O–H groups in total. The number of nitrogens with zero attached hydrogens (tertiary/aromatic N) is 1. The highest BCUT2D eigenvalue weighted by Gasteiger charge is 2.41. The molecule has 3 atom stereocenters. The molecule has 0 aromatic heterocycles. The summed E-state index contributed by atoms with van der Waals surface area (Å²) < 4.78 is 0. The minimum Gasteiger partial charge on any atom is -0.327 e. The van der Waals surface area contributed by atoms with E-state index < -0.39 is 0 Å². The molecule has 3 aliphatic rings. The van der Waals surface area contributed by atoms with Gasteiger partial charge in [-0.2, -0.15) is 0 Å². The van der Waals surface area contributed by atoms with Gasteiger partial charge in [0.15, 0.2) is 0 Å². The summed E-state index contributed by atoms with van der Waals surface area (Å²) in [7, 11) is 0. The molecule has 2 aliphatic carbocycles. The van der Waals surface area contributed by atoms with Gasteiger partial charge in [0.1, 0.15) is 0 Å². The minimum atomic E-state index is 0.531. The zero-order chi connectivity index (χ0) is 8.84. The molecule has 0 amide bonds. The van der Waals surface area contributed by atoms with Crippen LogP contribution in [0.25, 0.3) is 0 Å². The minimum absolute atomic E-state index is 0.531. The van der Waals surface area contributed by atoms with Crippen molar-refractivity contribution in [3.8, 4) is 0 Å². The van der Waals surface area contributed by atoms with Gasteiger partial charge in [0.25, 0.3) is 0 Å². The maximum atomic E-state index is 6.24. The van der Waals surface area contributed by atoms with Crippen LogP contribution in [0.4, 0.5) is 0 Å². The third-order valence-electron chi connectivity index (χ3n) is 4.24. The predicted octanol–water partition coefficient (Wildman–Crippen LogP) is 1.21. The number of piperidine rings is 1. The Hall–Kier alpha value is -0.0800. The van der Waals surface area contributed by atoms with Gasteiger partial charge >= 0.3 is 0 Å². The largest absolute Gasteiger partial charge is 0.327 e. The average molecular weight is 180 g/mol. The van der Waals surface area contributed by atoms with E-state index in [9.17, 15) is 0 Å². The molecule has 1 aliphatic heterocycles. The first-order valence-electron chi connectivity index (χ1n) is 5.84. The van der Waals surface area contributed by atoms with Crippen LogP contribution in [0, 0.1) is 11.8 Å². The standard InChI is InChI=1S/C11H20N2/c12-11-8-2-1-3-9(11)7-13(6-8)10-4-5-10/h8-11H,1-7,12H2/t8-,9+,11?. The Balaban J connectivity index is 1.72. The SMILES string of the molecule is NC1[C@@H]2CCC[C@H]1CN(C1CC1)C2. The van der Waals surface area contributed by atoms with Crippen molar-refractivity contribution in [1.82, 2.24) is 4.90 Å². The van der Waals surface area contributed by atoms with Crippen LogP contribution in [-0.2, 0) is 0 Å². The summed E-state index contributed by atoms with van der Waals surface area (Å²) in [5.41, 5.74) is 6.24. The monoisotopic (exact) mass is 180 g/mol. The fourth-order valence-corrected chi connectivity index (χ4v) is 3.25. The number of nitrogens with two attached hydrogens (primary N) is 1. The second kappa shape index (κ2) is 2.96. The second-order valence-corrected chi connectivity index (χ2v) is 5.21. The maximum absolute atomic E-state index is 6.24. The van der Waals surface area contributed by atoms with Gasteiger partial charge in [0.05, 0.1) is 0 Å². The average Bonchev–Trinajstić information content (AvgIpc) is 2.85. The van der Waals surface area contributed by atoms with Gasteiger partial charge in [-0.15, -0.1) is 0 Å². The van der Waals surface area contributed by atoms with Gasteiger partial charge < -0.3 is 5.73 Å².